The summed E-state index contributed by atoms with van der Waals surface area (Å²) in [7, 11) is 3.11. The van der Waals surface area contributed by atoms with Crippen LogP contribution in [0, 0.1) is 11.7 Å². The Bertz CT molecular complexity index is 448. The van der Waals surface area contributed by atoms with Crippen LogP contribution < -0.4 is 14.8 Å². The fourth-order valence-electron chi connectivity index (χ4n) is 2.58. The van der Waals surface area contributed by atoms with Crippen molar-refractivity contribution in [2.75, 3.05) is 27.3 Å². The highest BCUT2D eigenvalue weighted by atomic mass is 79.9. The van der Waals surface area contributed by atoms with E-state index in [-0.39, 0.29) is 5.82 Å². The first kappa shape index (κ1) is 14.6. The number of hydrogen-bond donors (Lipinski definition) is 1. The number of hydrogen-bond acceptors (Lipinski definition) is 3. The number of rotatable bonds is 4. The van der Waals surface area contributed by atoms with E-state index >= 15 is 0 Å². The minimum absolute atomic E-state index is 0.247. The van der Waals surface area contributed by atoms with E-state index in [9.17, 15) is 4.39 Å². The van der Waals surface area contributed by atoms with Crippen molar-refractivity contribution in [1.82, 2.24) is 5.32 Å². The van der Waals surface area contributed by atoms with Gasteiger partial charge in [0.2, 0.25) is 0 Å². The normalized spacial score (nSPS) is 19.3. The van der Waals surface area contributed by atoms with Crippen LogP contribution in [0.2, 0.25) is 0 Å². The molecule has 1 heterocycles. The average Bonchev–Trinajstić information content (AvgIpc) is 2.44. The van der Waals surface area contributed by atoms with Gasteiger partial charge in [-0.1, -0.05) is 0 Å². The third-order valence-corrected chi connectivity index (χ3v) is 4.12. The summed E-state index contributed by atoms with van der Waals surface area (Å²) in [4.78, 5) is 0. The molecular formula is C14H19BrFNO2. The molecule has 5 heteroatoms. The maximum absolute atomic E-state index is 14.3. The average molecular weight is 332 g/mol. The van der Waals surface area contributed by atoms with Crippen LogP contribution >= 0.6 is 15.9 Å². The summed E-state index contributed by atoms with van der Waals surface area (Å²) in [5.74, 6) is 1.27. The lowest BCUT2D eigenvalue weighted by Gasteiger charge is -2.24. The largest absolute Gasteiger partial charge is 0.493 e. The number of piperidine rings is 1. The SMILES string of the molecule is COc1cc(Br)c(F)c(CC2CCCNC2)c1OC. The number of benzene rings is 1. The van der Waals surface area contributed by atoms with E-state index in [0.29, 0.717) is 33.9 Å². The summed E-state index contributed by atoms with van der Waals surface area (Å²) >= 11 is 3.24. The zero-order valence-corrected chi connectivity index (χ0v) is 12.8. The first-order chi connectivity index (χ1) is 9.17. The van der Waals surface area contributed by atoms with E-state index in [2.05, 4.69) is 21.2 Å². The van der Waals surface area contributed by atoms with Crippen molar-refractivity contribution >= 4 is 15.9 Å². The molecule has 1 unspecified atom stereocenters. The molecule has 0 amide bonds. The Morgan fingerprint density at radius 2 is 2.21 bits per heavy atom. The van der Waals surface area contributed by atoms with Crippen molar-refractivity contribution in [3.8, 4) is 11.5 Å². The van der Waals surface area contributed by atoms with Crippen molar-refractivity contribution in [2.45, 2.75) is 19.3 Å². The fourth-order valence-corrected chi connectivity index (χ4v) is 3.03. The van der Waals surface area contributed by atoms with Gasteiger partial charge in [0.05, 0.1) is 18.7 Å². The predicted octanol–water partition coefficient (Wildman–Crippen LogP) is 3.15. The smallest absolute Gasteiger partial charge is 0.166 e. The zero-order chi connectivity index (χ0) is 13.8. The van der Waals surface area contributed by atoms with Crippen molar-refractivity contribution in [2.24, 2.45) is 5.92 Å². The van der Waals surface area contributed by atoms with Crippen molar-refractivity contribution in [3.63, 3.8) is 0 Å². The first-order valence-corrected chi connectivity index (χ1v) is 7.26. The highest BCUT2D eigenvalue weighted by Gasteiger charge is 2.23. The molecule has 1 N–H and O–H groups in total. The van der Waals surface area contributed by atoms with Gasteiger partial charge in [0.25, 0.3) is 0 Å². The maximum atomic E-state index is 14.3. The Labute approximate surface area is 121 Å². The molecule has 0 aromatic heterocycles. The molecule has 0 aliphatic carbocycles. The van der Waals surface area contributed by atoms with Gasteiger partial charge in [0.1, 0.15) is 5.82 Å². The van der Waals surface area contributed by atoms with E-state index in [1.54, 1.807) is 20.3 Å². The van der Waals surface area contributed by atoms with E-state index < -0.39 is 0 Å². The van der Waals surface area contributed by atoms with E-state index in [1.165, 1.54) is 0 Å². The molecule has 1 aliphatic heterocycles. The van der Waals surface area contributed by atoms with Crippen molar-refractivity contribution in [1.29, 1.82) is 0 Å². The predicted molar refractivity (Wildman–Crippen MR) is 76.5 cm³/mol. The second-order valence-electron chi connectivity index (χ2n) is 4.80. The zero-order valence-electron chi connectivity index (χ0n) is 11.3. The summed E-state index contributed by atoms with van der Waals surface area (Å²) in [6.07, 6.45) is 2.92. The Balaban J connectivity index is 2.33. The summed E-state index contributed by atoms with van der Waals surface area (Å²) in [6.45, 7) is 1.98. The lowest BCUT2D eigenvalue weighted by Crippen LogP contribution is -2.31. The minimum Gasteiger partial charge on any atom is -0.493 e. The van der Waals surface area contributed by atoms with Crippen LogP contribution in [0.4, 0.5) is 4.39 Å². The molecule has 1 fully saturated rings. The lowest BCUT2D eigenvalue weighted by molar-refractivity contribution is 0.334. The molecule has 1 aromatic carbocycles. The van der Waals surface area contributed by atoms with E-state index in [4.69, 9.17) is 9.47 Å². The Morgan fingerprint density at radius 1 is 1.42 bits per heavy atom. The number of halogens is 2. The van der Waals surface area contributed by atoms with Gasteiger partial charge in [-0.15, -0.1) is 0 Å². The molecule has 1 atom stereocenters. The molecule has 1 aliphatic rings. The first-order valence-electron chi connectivity index (χ1n) is 6.47. The lowest BCUT2D eigenvalue weighted by atomic mass is 9.91. The van der Waals surface area contributed by atoms with Crippen LogP contribution in [0.1, 0.15) is 18.4 Å². The van der Waals surface area contributed by atoms with Crippen LogP contribution in [0.25, 0.3) is 0 Å². The standard InChI is InChI=1S/C14H19BrFNO2/c1-18-12-7-11(15)13(16)10(14(12)19-2)6-9-4-3-5-17-8-9/h7,9,17H,3-6,8H2,1-2H3. The van der Waals surface area contributed by atoms with Crippen molar-refractivity contribution < 1.29 is 13.9 Å². The Hall–Kier alpha value is -0.810. The van der Waals surface area contributed by atoms with Gasteiger partial charge in [-0.25, -0.2) is 4.39 Å². The summed E-state index contributed by atoms with van der Waals surface area (Å²) in [6, 6.07) is 1.61. The molecule has 19 heavy (non-hydrogen) atoms. The van der Waals surface area contributed by atoms with Crippen LogP contribution in [-0.2, 0) is 6.42 Å². The summed E-state index contributed by atoms with van der Waals surface area (Å²) in [5.41, 5.74) is 0.599. The van der Waals surface area contributed by atoms with Crippen LogP contribution in [0.5, 0.6) is 11.5 Å². The van der Waals surface area contributed by atoms with Gasteiger partial charge in [-0.3, -0.25) is 0 Å². The van der Waals surface area contributed by atoms with Gasteiger partial charge >= 0.3 is 0 Å². The summed E-state index contributed by atoms with van der Waals surface area (Å²) < 4.78 is 25.3. The highest BCUT2D eigenvalue weighted by molar-refractivity contribution is 9.10. The van der Waals surface area contributed by atoms with E-state index in [1.807, 2.05) is 0 Å². The molecule has 0 bridgehead atoms. The second-order valence-corrected chi connectivity index (χ2v) is 5.66. The number of methoxy groups -OCH3 is 2. The second kappa shape index (κ2) is 6.57. The third kappa shape index (κ3) is 3.20. The van der Waals surface area contributed by atoms with E-state index in [0.717, 1.165) is 25.9 Å². The number of ether oxygens (including phenoxy) is 2. The van der Waals surface area contributed by atoms with Gasteiger partial charge in [0.15, 0.2) is 11.5 Å². The van der Waals surface area contributed by atoms with Gasteiger partial charge in [0, 0.05) is 11.6 Å². The molecule has 0 spiro atoms. The molecule has 1 aromatic rings. The van der Waals surface area contributed by atoms with Crippen LogP contribution in [-0.4, -0.2) is 27.3 Å². The summed E-state index contributed by atoms with van der Waals surface area (Å²) in [5, 5.41) is 3.35. The maximum Gasteiger partial charge on any atom is 0.166 e. The van der Waals surface area contributed by atoms with Gasteiger partial charge < -0.3 is 14.8 Å². The monoisotopic (exact) mass is 331 g/mol. The topological polar surface area (TPSA) is 30.5 Å². The highest BCUT2D eigenvalue weighted by Crippen LogP contribution is 2.39. The Kier molecular flexibility index (Phi) is 5.05. The quantitative estimate of drug-likeness (QED) is 0.919. The molecule has 0 radical (unpaired) electrons. The molecule has 0 saturated carbocycles. The fraction of sp³-hybridized carbons (Fsp3) is 0.571. The molecule has 106 valence electrons. The molecule has 2 rings (SSSR count). The van der Waals surface area contributed by atoms with Gasteiger partial charge in [-0.05, 0) is 54.2 Å². The van der Waals surface area contributed by atoms with Gasteiger partial charge in [-0.2, -0.15) is 0 Å². The molecule has 1 saturated heterocycles. The molecular weight excluding hydrogens is 313 g/mol. The third-order valence-electron chi connectivity index (χ3n) is 3.55. The minimum atomic E-state index is -0.247. The number of nitrogens with one attached hydrogen (secondary N) is 1. The van der Waals surface area contributed by atoms with Crippen LogP contribution in [0.3, 0.4) is 0 Å². The van der Waals surface area contributed by atoms with Crippen molar-refractivity contribution in [3.05, 3.63) is 21.9 Å². The Morgan fingerprint density at radius 3 is 2.79 bits per heavy atom. The van der Waals surface area contributed by atoms with Crippen LogP contribution in [0.15, 0.2) is 10.5 Å². The molecule has 3 nitrogen and oxygen atoms in total.